The minimum atomic E-state index is 0.750. The van der Waals surface area contributed by atoms with Crippen molar-refractivity contribution < 1.29 is 0 Å². The average Bonchev–Trinajstić information content (AvgIpc) is 3.10. The van der Waals surface area contributed by atoms with Gasteiger partial charge in [-0.15, -0.1) is 0 Å². The van der Waals surface area contributed by atoms with Gasteiger partial charge in [-0.3, -0.25) is 0 Å². The summed E-state index contributed by atoms with van der Waals surface area (Å²) in [5, 5.41) is 3.67. The number of rotatable bonds is 6. The molecule has 0 spiro atoms. The lowest BCUT2D eigenvalue weighted by Gasteiger charge is -2.21. The van der Waals surface area contributed by atoms with Crippen LogP contribution in [0.1, 0.15) is 32.3 Å². The molecule has 1 fully saturated rings. The van der Waals surface area contributed by atoms with E-state index in [-0.39, 0.29) is 0 Å². The maximum absolute atomic E-state index is 3.67. The van der Waals surface area contributed by atoms with Crippen LogP contribution in [0.2, 0.25) is 0 Å². The van der Waals surface area contributed by atoms with Gasteiger partial charge in [0.1, 0.15) is 0 Å². The third kappa shape index (κ3) is 4.59. The molecule has 1 unspecified atom stereocenters. The van der Waals surface area contributed by atoms with Gasteiger partial charge in [0, 0.05) is 9.61 Å². The maximum atomic E-state index is 3.67. The third-order valence-electron chi connectivity index (χ3n) is 3.60. The van der Waals surface area contributed by atoms with Crippen LogP contribution in [0.25, 0.3) is 0 Å². The predicted molar refractivity (Wildman–Crippen MR) is 82.2 cm³/mol. The lowest BCUT2D eigenvalue weighted by atomic mass is 9.89. The van der Waals surface area contributed by atoms with Gasteiger partial charge in [-0.1, -0.05) is 26.0 Å². The average molecular weight is 343 g/mol. The van der Waals surface area contributed by atoms with Crippen LogP contribution < -0.4 is 5.32 Å². The number of nitrogens with one attached hydrogen (secondary N) is 1. The number of benzene rings is 1. The van der Waals surface area contributed by atoms with Crippen LogP contribution in [0.4, 0.5) is 0 Å². The molecule has 1 aliphatic carbocycles. The van der Waals surface area contributed by atoms with E-state index in [4.69, 9.17) is 0 Å². The number of halogens is 1. The van der Waals surface area contributed by atoms with Crippen molar-refractivity contribution in [2.24, 2.45) is 11.8 Å². The third-order valence-corrected chi connectivity index (χ3v) is 4.32. The Labute approximate surface area is 119 Å². The van der Waals surface area contributed by atoms with Crippen molar-refractivity contribution in [1.29, 1.82) is 0 Å². The minimum Gasteiger partial charge on any atom is -0.314 e. The molecule has 1 saturated carbocycles. The Morgan fingerprint density at radius 2 is 1.88 bits per heavy atom. The van der Waals surface area contributed by atoms with E-state index in [1.54, 1.807) is 0 Å². The van der Waals surface area contributed by atoms with Crippen LogP contribution in [0.5, 0.6) is 0 Å². The van der Waals surface area contributed by atoms with Crippen molar-refractivity contribution >= 4 is 22.6 Å². The highest BCUT2D eigenvalue weighted by Gasteiger charge is 2.23. The summed E-state index contributed by atoms with van der Waals surface area (Å²) in [6.45, 7) is 5.85. The predicted octanol–water partition coefficient (Wildman–Crippen LogP) is 3.86. The molecule has 1 aromatic carbocycles. The standard InChI is InChI=1S/C15H22IN/c1-11(2)13(10-17-15-7-8-15)9-12-3-5-14(16)6-4-12/h3-6,11,13,15,17H,7-10H2,1-2H3. The van der Waals surface area contributed by atoms with E-state index in [0.29, 0.717) is 0 Å². The molecule has 1 aromatic rings. The van der Waals surface area contributed by atoms with E-state index < -0.39 is 0 Å². The molecule has 2 rings (SSSR count). The summed E-state index contributed by atoms with van der Waals surface area (Å²) in [5.41, 5.74) is 1.47. The van der Waals surface area contributed by atoms with Gasteiger partial charge in [-0.05, 0) is 77.9 Å². The fraction of sp³-hybridized carbons (Fsp3) is 0.600. The second-order valence-electron chi connectivity index (χ2n) is 5.52. The van der Waals surface area contributed by atoms with E-state index in [2.05, 4.69) is 66.0 Å². The summed E-state index contributed by atoms with van der Waals surface area (Å²) in [6, 6.07) is 9.79. The molecule has 1 aliphatic rings. The minimum absolute atomic E-state index is 0.750. The molecule has 1 atom stereocenters. The molecular formula is C15H22IN. The first-order valence-electron chi connectivity index (χ1n) is 6.63. The van der Waals surface area contributed by atoms with Crippen molar-refractivity contribution in [3.05, 3.63) is 33.4 Å². The van der Waals surface area contributed by atoms with Crippen molar-refractivity contribution in [3.8, 4) is 0 Å². The molecule has 2 heteroatoms. The molecule has 1 nitrogen and oxygen atoms in total. The second-order valence-corrected chi connectivity index (χ2v) is 6.76. The zero-order chi connectivity index (χ0) is 12.3. The van der Waals surface area contributed by atoms with Crippen molar-refractivity contribution in [2.75, 3.05) is 6.54 Å². The Morgan fingerprint density at radius 3 is 2.41 bits per heavy atom. The first-order valence-corrected chi connectivity index (χ1v) is 7.71. The van der Waals surface area contributed by atoms with E-state index >= 15 is 0 Å². The Morgan fingerprint density at radius 1 is 1.24 bits per heavy atom. The lowest BCUT2D eigenvalue weighted by Crippen LogP contribution is -2.29. The Hall–Kier alpha value is -0.0900. The van der Waals surface area contributed by atoms with Crippen molar-refractivity contribution in [1.82, 2.24) is 5.32 Å². The van der Waals surface area contributed by atoms with E-state index in [9.17, 15) is 0 Å². The highest BCUT2D eigenvalue weighted by molar-refractivity contribution is 14.1. The summed E-state index contributed by atoms with van der Waals surface area (Å²) in [4.78, 5) is 0. The molecule has 0 amide bonds. The van der Waals surface area contributed by atoms with Gasteiger partial charge in [0.15, 0.2) is 0 Å². The highest BCUT2D eigenvalue weighted by Crippen LogP contribution is 2.22. The monoisotopic (exact) mass is 343 g/mol. The Balaban J connectivity index is 1.88. The van der Waals surface area contributed by atoms with E-state index in [1.807, 2.05) is 0 Å². The summed E-state index contributed by atoms with van der Waals surface area (Å²) < 4.78 is 1.32. The van der Waals surface area contributed by atoms with Gasteiger partial charge in [-0.25, -0.2) is 0 Å². The van der Waals surface area contributed by atoms with Crippen LogP contribution >= 0.6 is 22.6 Å². The highest BCUT2D eigenvalue weighted by atomic mass is 127. The SMILES string of the molecule is CC(C)C(CNC1CC1)Cc1ccc(I)cc1. The molecule has 0 bridgehead atoms. The zero-order valence-corrected chi connectivity index (χ0v) is 12.9. The van der Waals surface area contributed by atoms with Crippen LogP contribution in [0.3, 0.4) is 0 Å². The largest absolute Gasteiger partial charge is 0.314 e. The Kier molecular flexibility index (Phi) is 4.86. The van der Waals surface area contributed by atoms with Crippen molar-refractivity contribution in [2.45, 2.75) is 39.2 Å². The van der Waals surface area contributed by atoms with E-state index in [1.165, 1.54) is 34.9 Å². The topological polar surface area (TPSA) is 12.0 Å². The molecule has 0 heterocycles. The fourth-order valence-electron chi connectivity index (χ4n) is 2.07. The molecular weight excluding hydrogens is 321 g/mol. The molecule has 0 aliphatic heterocycles. The molecule has 17 heavy (non-hydrogen) atoms. The number of hydrogen-bond acceptors (Lipinski definition) is 1. The lowest BCUT2D eigenvalue weighted by molar-refractivity contribution is 0.359. The van der Waals surface area contributed by atoms with Gasteiger partial charge in [0.05, 0.1) is 0 Å². The molecule has 1 N–H and O–H groups in total. The zero-order valence-electron chi connectivity index (χ0n) is 10.7. The first kappa shape index (κ1) is 13.3. The maximum Gasteiger partial charge on any atom is 0.0130 e. The number of hydrogen-bond donors (Lipinski definition) is 1. The van der Waals surface area contributed by atoms with Gasteiger partial charge in [0.25, 0.3) is 0 Å². The molecule has 94 valence electrons. The van der Waals surface area contributed by atoms with Gasteiger partial charge in [0.2, 0.25) is 0 Å². The summed E-state index contributed by atoms with van der Waals surface area (Å²) in [7, 11) is 0. The van der Waals surface area contributed by atoms with Gasteiger partial charge in [-0.2, -0.15) is 0 Å². The normalized spacial score (nSPS) is 17.4. The molecule has 0 aromatic heterocycles. The quantitative estimate of drug-likeness (QED) is 0.774. The molecule has 0 radical (unpaired) electrons. The first-order chi connectivity index (χ1) is 8.15. The van der Waals surface area contributed by atoms with Crippen LogP contribution in [-0.2, 0) is 6.42 Å². The van der Waals surface area contributed by atoms with Gasteiger partial charge < -0.3 is 5.32 Å². The Bertz CT molecular complexity index is 340. The second kappa shape index (κ2) is 6.19. The van der Waals surface area contributed by atoms with E-state index in [0.717, 1.165) is 17.9 Å². The molecule has 0 saturated heterocycles. The van der Waals surface area contributed by atoms with Crippen LogP contribution in [0, 0.1) is 15.4 Å². The fourth-order valence-corrected chi connectivity index (χ4v) is 2.43. The van der Waals surface area contributed by atoms with Gasteiger partial charge >= 0.3 is 0 Å². The van der Waals surface area contributed by atoms with Crippen LogP contribution in [0.15, 0.2) is 24.3 Å². The van der Waals surface area contributed by atoms with Crippen LogP contribution in [-0.4, -0.2) is 12.6 Å². The van der Waals surface area contributed by atoms with Crippen molar-refractivity contribution in [3.63, 3.8) is 0 Å². The summed E-state index contributed by atoms with van der Waals surface area (Å²) in [5.74, 6) is 1.51. The summed E-state index contributed by atoms with van der Waals surface area (Å²) in [6.07, 6.45) is 3.97. The smallest absolute Gasteiger partial charge is 0.0130 e. The summed E-state index contributed by atoms with van der Waals surface area (Å²) >= 11 is 2.36.